The zero-order valence-corrected chi connectivity index (χ0v) is 13.0. The summed E-state index contributed by atoms with van der Waals surface area (Å²) in [4.78, 5) is 34.4. The highest BCUT2D eigenvalue weighted by molar-refractivity contribution is 5.97. The number of carboxylic acids is 1. The van der Waals surface area contributed by atoms with Crippen molar-refractivity contribution in [2.45, 2.75) is 38.5 Å². The number of carboxylic acid groups (broad SMARTS) is 1. The van der Waals surface area contributed by atoms with Crippen molar-refractivity contribution in [1.29, 1.82) is 0 Å². The molecule has 23 heavy (non-hydrogen) atoms. The van der Waals surface area contributed by atoms with Crippen molar-refractivity contribution in [3.05, 3.63) is 29.8 Å². The highest BCUT2D eigenvalue weighted by atomic mass is 16.4. The highest BCUT2D eigenvalue weighted by Gasteiger charge is 2.20. The first-order chi connectivity index (χ1) is 11.1. The van der Waals surface area contributed by atoms with Gasteiger partial charge in [0.15, 0.2) is 0 Å². The Labute approximate surface area is 135 Å². The fraction of sp³-hybridized carbons (Fsp3) is 0.471. The van der Waals surface area contributed by atoms with Crippen molar-refractivity contribution in [2.75, 3.05) is 11.9 Å². The van der Waals surface area contributed by atoms with Crippen LogP contribution < -0.4 is 10.6 Å². The highest BCUT2D eigenvalue weighted by Crippen LogP contribution is 2.24. The van der Waals surface area contributed by atoms with E-state index in [1.54, 1.807) is 24.3 Å². The first-order valence-electron chi connectivity index (χ1n) is 7.97. The van der Waals surface area contributed by atoms with Gasteiger partial charge in [-0.1, -0.05) is 25.7 Å². The molecule has 0 atom stereocenters. The van der Waals surface area contributed by atoms with Crippen molar-refractivity contribution in [2.24, 2.45) is 5.92 Å². The van der Waals surface area contributed by atoms with Crippen LogP contribution in [-0.4, -0.2) is 29.4 Å². The zero-order chi connectivity index (χ0) is 16.7. The third-order valence-electron chi connectivity index (χ3n) is 4.04. The van der Waals surface area contributed by atoms with Gasteiger partial charge in [0.1, 0.15) is 6.54 Å². The molecule has 0 radical (unpaired) electrons. The minimum Gasteiger partial charge on any atom is -0.480 e. The van der Waals surface area contributed by atoms with Gasteiger partial charge in [-0.3, -0.25) is 14.4 Å². The molecule has 6 heteroatoms. The molecule has 1 aliphatic carbocycles. The topological polar surface area (TPSA) is 95.5 Å². The number of benzene rings is 1. The lowest BCUT2D eigenvalue weighted by molar-refractivity contribution is -0.135. The Morgan fingerprint density at radius 1 is 1.00 bits per heavy atom. The zero-order valence-electron chi connectivity index (χ0n) is 13.0. The van der Waals surface area contributed by atoms with Gasteiger partial charge in [-0.05, 0) is 37.1 Å². The molecule has 0 saturated heterocycles. The van der Waals surface area contributed by atoms with Crippen LogP contribution >= 0.6 is 0 Å². The maximum Gasteiger partial charge on any atom is 0.322 e. The molecular weight excluding hydrogens is 296 g/mol. The van der Waals surface area contributed by atoms with Gasteiger partial charge in [0, 0.05) is 17.2 Å². The molecule has 124 valence electrons. The van der Waals surface area contributed by atoms with Gasteiger partial charge in [-0.25, -0.2) is 0 Å². The predicted molar refractivity (Wildman–Crippen MR) is 86.2 cm³/mol. The van der Waals surface area contributed by atoms with E-state index in [2.05, 4.69) is 10.6 Å². The number of rotatable bonds is 5. The summed E-state index contributed by atoms with van der Waals surface area (Å²) in [5, 5.41) is 13.7. The van der Waals surface area contributed by atoms with Gasteiger partial charge in [-0.15, -0.1) is 0 Å². The lowest BCUT2D eigenvalue weighted by atomic mass is 9.99. The molecule has 0 unspecified atom stereocenters. The van der Waals surface area contributed by atoms with Crippen molar-refractivity contribution >= 4 is 23.5 Å². The molecule has 1 aliphatic rings. The number of anilines is 1. The summed E-state index contributed by atoms with van der Waals surface area (Å²) in [5.74, 6) is -1.44. The molecular formula is C17H22N2O4. The SMILES string of the molecule is O=C(O)CNC(=O)c1ccc(NC(=O)C2CCCCCC2)cc1. The fourth-order valence-electron chi connectivity index (χ4n) is 2.75. The van der Waals surface area contributed by atoms with E-state index in [1.807, 2.05) is 0 Å². The van der Waals surface area contributed by atoms with Gasteiger partial charge in [0.25, 0.3) is 5.91 Å². The average Bonchev–Trinajstić information content (AvgIpc) is 2.82. The predicted octanol–water partition coefficient (Wildman–Crippen LogP) is 2.41. The molecule has 1 aromatic rings. The Hall–Kier alpha value is -2.37. The van der Waals surface area contributed by atoms with E-state index >= 15 is 0 Å². The van der Waals surface area contributed by atoms with Crippen LogP contribution in [0.1, 0.15) is 48.9 Å². The smallest absolute Gasteiger partial charge is 0.322 e. The maximum atomic E-state index is 12.3. The number of hydrogen-bond acceptors (Lipinski definition) is 3. The normalized spacial score (nSPS) is 15.5. The van der Waals surface area contributed by atoms with Crippen molar-refractivity contribution in [3.63, 3.8) is 0 Å². The largest absolute Gasteiger partial charge is 0.480 e. The lowest BCUT2D eigenvalue weighted by Crippen LogP contribution is -2.29. The molecule has 0 aliphatic heterocycles. The summed E-state index contributed by atoms with van der Waals surface area (Å²) >= 11 is 0. The standard InChI is InChI=1S/C17H22N2O4/c20-15(21)11-18-16(22)13-7-9-14(10-8-13)19-17(23)12-5-3-1-2-4-6-12/h7-10,12H,1-6,11H2,(H,18,22)(H,19,23)(H,20,21). The first kappa shape index (κ1) is 17.0. The van der Waals surface area contributed by atoms with Crippen LogP contribution in [-0.2, 0) is 9.59 Å². The number of aliphatic carboxylic acids is 1. The van der Waals surface area contributed by atoms with Crippen LogP contribution in [0.2, 0.25) is 0 Å². The minimum absolute atomic E-state index is 0.0370. The quantitative estimate of drug-likeness (QED) is 0.726. The van der Waals surface area contributed by atoms with Crippen molar-refractivity contribution < 1.29 is 19.5 Å². The van der Waals surface area contributed by atoms with E-state index in [0.717, 1.165) is 25.7 Å². The van der Waals surface area contributed by atoms with Gasteiger partial charge >= 0.3 is 5.97 Å². The van der Waals surface area contributed by atoms with E-state index in [4.69, 9.17) is 5.11 Å². The summed E-state index contributed by atoms with van der Waals surface area (Å²) in [6.45, 7) is -0.418. The molecule has 3 N–H and O–H groups in total. The Balaban J connectivity index is 1.90. The number of hydrogen-bond donors (Lipinski definition) is 3. The lowest BCUT2D eigenvalue weighted by Gasteiger charge is -2.14. The van der Waals surface area contributed by atoms with Crippen LogP contribution in [0.4, 0.5) is 5.69 Å². The number of carbonyl (C=O) groups is 3. The van der Waals surface area contributed by atoms with Gasteiger partial charge in [-0.2, -0.15) is 0 Å². The van der Waals surface area contributed by atoms with Crippen molar-refractivity contribution in [1.82, 2.24) is 5.32 Å². The Bertz CT molecular complexity index is 560. The monoisotopic (exact) mass is 318 g/mol. The fourth-order valence-corrected chi connectivity index (χ4v) is 2.75. The second-order valence-corrected chi connectivity index (χ2v) is 5.83. The minimum atomic E-state index is -1.09. The van der Waals surface area contributed by atoms with Crippen molar-refractivity contribution in [3.8, 4) is 0 Å². The van der Waals surface area contributed by atoms with Crippen LogP contribution in [0.5, 0.6) is 0 Å². The molecule has 1 fully saturated rings. The van der Waals surface area contributed by atoms with Gasteiger partial charge in [0.05, 0.1) is 0 Å². The number of amides is 2. The third-order valence-corrected chi connectivity index (χ3v) is 4.04. The Morgan fingerprint density at radius 2 is 1.61 bits per heavy atom. The molecule has 1 saturated carbocycles. The summed E-state index contributed by atoms with van der Waals surface area (Å²) in [6.07, 6.45) is 6.46. The van der Waals surface area contributed by atoms with E-state index < -0.39 is 18.4 Å². The molecule has 0 bridgehead atoms. The van der Waals surface area contributed by atoms with Crippen LogP contribution in [0.25, 0.3) is 0 Å². The molecule has 0 aromatic heterocycles. The summed E-state index contributed by atoms with van der Waals surface area (Å²) < 4.78 is 0. The molecule has 2 amide bonds. The number of carbonyl (C=O) groups excluding carboxylic acids is 2. The third kappa shape index (κ3) is 5.39. The van der Waals surface area contributed by atoms with Crippen LogP contribution in [0.3, 0.4) is 0 Å². The Morgan fingerprint density at radius 3 is 2.17 bits per heavy atom. The molecule has 0 spiro atoms. The van der Waals surface area contributed by atoms with E-state index in [9.17, 15) is 14.4 Å². The number of nitrogens with one attached hydrogen (secondary N) is 2. The molecule has 1 aromatic carbocycles. The second-order valence-electron chi connectivity index (χ2n) is 5.83. The first-order valence-corrected chi connectivity index (χ1v) is 7.97. The van der Waals surface area contributed by atoms with E-state index in [0.29, 0.717) is 11.3 Å². The maximum absolute atomic E-state index is 12.3. The second kappa shape index (κ2) is 8.31. The summed E-state index contributed by atoms with van der Waals surface area (Å²) in [7, 11) is 0. The van der Waals surface area contributed by atoms with E-state index in [1.165, 1.54) is 12.8 Å². The van der Waals surface area contributed by atoms with Crippen LogP contribution in [0.15, 0.2) is 24.3 Å². The van der Waals surface area contributed by atoms with Gasteiger partial charge < -0.3 is 15.7 Å². The Kier molecular flexibility index (Phi) is 6.14. The average molecular weight is 318 g/mol. The molecule has 2 rings (SSSR count). The molecule has 0 heterocycles. The summed E-state index contributed by atoms with van der Waals surface area (Å²) in [6, 6.07) is 6.45. The van der Waals surface area contributed by atoms with Crippen LogP contribution in [0, 0.1) is 5.92 Å². The van der Waals surface area contributed by atoms with Gasteiger partial charge in [0.2, 0.25) is 5.91 Å². The molecule has 6 nitrogen and oxygen atoms in total. The van der Waals surface area contributed by atoms with E-state index in [-0.39, 0.29) is 11.8 Å². The summed E-state index contributed by atoms with van der Waals surface area (Å²) in [5.41, 5.74) is 1.01.